The normalized spacial score (nSPS) is 9.88. The molecule has 0 spiro atoms. The van der Waals surface area contributed by atoms with Gasteiger partial charge in [-0.2, -0.15) is 0 Å². The van der Waals surface area contributed by atoms with Gasteiger partial charge in [0.05, 0.1) is 7.76 Å². The molecule has 1 heterocycles. The Hall–Kier alpha value is -0.540. The van der Waals surface area contributed by atoms with Crippen LogP contribution >= 0.6 is 33.9 Å². The van der Waals surface area contributed by atoms with Crippen LogP contribution < -0.4 is 0 Å². The molecule has 0 saturated carbocycles. The molecule has 92 valence electrons. The largest absolute Gasteiger partial charge is 0.465 e. The first-order chi connectivity index (χ1) is 8.08. The molecule has 0 aliphatic heterocycles. The van der Waals surface area contributed by atoms with Crippen LogP contribution in [0.25, 0.3) is 0 Å². The topological polar surface area (TPSA) is 26.3 Å². The molecule has 0 aliphatic rings. The third-order valence-corrected chi connectivity index (χ3v) is 3.66. The molecule has 0 amide bonds. The van der Waals surface area contributed by atoms with E-state index in [1.165, 1.54) is 2.88 Å². The summed E-state index contributed by atoms with van der Waals surface area (Å²) < 4.78 is 6.29. The van der Waals surface area contributed by atoms with E-state index in [-0.39, 0.29) is 5.97 Å². The molecule has 1 aromatic rings. The fourth-order valence-corrected chi connectivity index (χ4v) is 2.64. The van der Waals surface area contributed by atoms with Crippen molar-refractivity contribution in [1.82, 2.24) is 0 Å². The summed E-state index contributed by atoms with van der Waals surface area (Å²) in [4.78, 5) is 12.3. The van der Waals surface area contributed by atoms with E-state index in [2.05, 4.69) is 34.4 Å². The number of carbonyl (C=O) groups excluding carboxylic acids is 1. The van der Waals surface area contributed by atoms with Gasteiger partial charge in [0.25, 0.3) is 0 Å². The van der Waals surface area contributed by atoms with Gasteiger partial charge in [-0.1, -0.05) is 25.7 Å². The van der Waals surface area contributed by atoms with E-state index in [0.717, 1.165) is 4.88 Å². The number of halogens is 1. The fraction of sp³-hybridized carbons (Fsp3) is 0.462. The fourth-order valence-electron chi connectivity index (χ4n) is 1.14. The van der Waals surface area contributed by atoms with Crippen molar-refractivity contribution in [1.29, 1.82) is 0 Å². The van der Waals surface area contributed by atoms with Crippen LogP contribution in [0.1, 0.15) is 31.6 Å². The summed E-state index contributed by atoms with van der Waals surface area (Å²) in [7, 11) is 0. The molecule has 0 N–H and O–H groups in total. The van der Waals surface area contributed by atoms with Crippen LogP contribution in [-0.2, 0) is 9.53 Å². The molecule has 1 rings (SSSR count). The highest BCUT2D eigenvalue weighted by molar-refractivity contribution is 14.1. The van der Waals surface area contributed by atoms with E-state index in [1.807, 2.05) is 26.0 Å². The first kappa shape index (κ1) is 14.5. The Kier molecular flexibility index (Phi) is 6.60. The average Bonchev–Trinajstić information content (AvgIpc) is 2.62. The van der Waals surface area contributed by atoms with Crippen LogP contribution in [0.3, 0.4) is 0 Å². The van der Waals surface area contributed by atoms with Gasteiger partial charge in [-0.15, -0.1) is 11.3 Å². The van der Waals surface area contributed by atoms with Crippen LogP contribution in [0.5, 0.6) is 0 Å². The van der Waals surface area contributed by atoms with Crippen LogP contribution in [0.15, 0.2) is 12.1 Å². The maximum absolute atomic E-state index is 11.2. The number of hydrogen-bond donors (Lipinski definition) is 0. The molecule has 1 aromatic heterocycles. The maximum atomic E-state index is 11.2. The summed E-state index contributed by atoms with van der Waals surface area (Å²) in [5.41, 5.74) is 0. The molecular weight excluding hydrogens is 347 g/mol. The van der Waals surface area contributed by atoms with E-state index < -0.39 is 0 Å². The van der Waals surface area contributed by atoms with Gasteiger partial charge in [0.2, 0.25) is 0 Å². The van der Waals surface area contributed by atoms with Crippen molar-refractivity contribution in [3.8, 4) is 11.8 Å². The van der Waals surface area contributed by atoms with Crippen LogP contribution in [0, 0.1) is 20.6 Å². The Morgan fingerprint density at radius 2 is 2.29 bits per heavy atom. The summed E-state index contributed by atoms with van der Waals surface area (Å²) in [6.07, 6.45) is 1.08. The second kappa shape index (κ2) is 7.72. The lowest BCUT2D eigenvalue weighted by Gasteiger charge is -2.03. The Morgan fingerprint density at radius 1 is 1.53 bits per heavy atom. The quantitative estimate of drug-likeness (QED) is 0.354. The summed E-state index contributed by atoms with van der Waals surface area (Å²) in [6.45, 7) is 4.39. The second-order valence-corrected chi connectivity index (χ2v) is 6.95. The first-order valence-corrected chi connectivity index (χ1v) is 7.37. The van der Waals surface area contributed by atoms with Gasteiger partial charge in [0.15, 0.2) is 0 Å². The van der Waals surface area contributed by atoms with Gasteiger partial charge in [0, 0.05) is 12.8 Å². The Morgan fingerprint density at radius 3 is 2.88 bits per heavy atom. The summed E-state index contributed by atoms with van der Waals surface area (Å²) in [5, 5.41) is 0. The van der Waals surface area contributed by atoms with E-state index >= 15 is 0 Å². The van der Waals surface area contributed by atoms with Gasteiger partial charge in [0.1, 0.15) is 6.61 Å². The zero-order valence-corrected chi connectivity index (χ0v) is 12.9. The zero-order valence-electron chi connectivity index (χ0n) is 9.96. The minimum absolute atomic E-state index is 0.132. The highest BCUT2D eigenvalue weighted by atomic mass is 127. The molecule has 0 radical (unpaired) electrons. The molecule has 0 aromatic carbocycles. The highest BCUT2D eigenvalue weighted by Crippen LogP contribution is 2.16. The van der Waals surface area contributed by atoms with Crippen LogP contribution in [0.2, 0.25) is 0 Å². The van der Waals surface area contributed by atoms with Gasteiger partial charge < -0.3 is 4.74 Å². The van der Waals surface area contributed by atoms with Crippen LogP contribution in [-0.4, -0.2) is 12.6 Å². The lowest BCUT2D eigenvalue weighted by Crippen LogP contribution is -2.08. The monoisotopic (exact) mass is 362 g/mol. The third kappa shape index (κ3) is 6.69. The number of thiophene rings is 1. The molecule has 0 saturated heterocycles. The zero-order chi connectivity index (χ0) is 12.7. The third-order valence-electron chi connectivity index (χ3n) is 1.85. The maximum Gasteiger partial charge on any atom is 0.306 e. The summed E-state index contributed by atoms with van der Waals surface area (Å²) in [5.74, 6) is 6.27. The molecule has 2 nitrogen and oxygen atoms in total. The average molecular weight is 362 g/mol. The number of hydrogen-bond acceptors (Lipinski definition) is 3. The first-order valence-electron chi connectivity index (χ1n) is 5.47. The van der Waals surface area contributed by atoms with E-state index in [9.17, 15) is 4.79 Å². The van der Waals surface area contributed by atoms with Crippen molar-refractivity contribution in [3.05, 3.63) is 19.9 Å². The second-order valence-electron chi connectivity index (χ2n) is 3.97. The highest BCUT2D eigenvalue weighted by Gasteiger charge is 2.04. The smallest absolute Gasteiger partial charge is 0.306 e. The van der Waals surface area contributed by atoms with E-state index in [1.54, 1.807) is 11.3 Å². The number of ether oxygens (including phenoxy) is 1. The SMILES string of the molecule is CC(C)CC(=O)OCCC#Cc1ccc(I)s1. The predicted molar refractivity (Wildman–Crippen MR) is 78.9 cm³/mol. The van der Waals surface area contributed by atoms with Crippen molar-refractivity contribution in [3.63, 3.8) is 0 Å². The predicted octanol–water partition coefficient (Wildman–Crippen LogP) is 3.68. The molecule has 0 aliphatic carbocycles. The van der Waals surface area contributed by atoms with E-state index in [0.29, 0.717) is 25.4 Å². The van der Waals surface area contributed by atoms with E-state index in [4.69, 9.17) is 4.74 Å². The Labute approximate surface area is 120 Å². The number of rotatable bonds is 4. The molecule has 4 heteroatoms. The van der Waals surface area contributed by atoms with Gasteiger partial charge in [-0.3, -0.25) is 4.79 Å². The van der Waals surface area contributed by atoms with Crippen molar-refractivity contribution >= 4 is 39.9 Å². The summed E-state index contributed by atoms with van der Waals surface area (Å²) in [6, 6.07) is 4.04. The standard InChI is InChI=1S/C13H15IO2S/c1-10(2)9-13(15)16-8-4-3-5-11-6-7-12(14)17-11/h6-7,10H,4,8-9H2,1-2H3. The van der Waals surface area contributed by atoms with Crippen molar-refractivity contribution in [2.75, 3.05) is 6.61 Å². The molecular formula is C13H15IO2S. The number of carbonyl (C=O) groups is 1. The molecule has 0 fully saturated rings. The lowest BCUT2D eigenvalue weighted by atomic mass is 10.1. The van der Waals surface area contributed by atoms with Gasteiger partial charge in [-0.25, -0.2) is 0 Å². The Balaban J connectivity index is 2.20. The van der Waals surface area contributed by atoms with Gasteiger partial charge >= 0.3 is 5.97 Å². The minimum Gasteiger partial charge on any atom is -0.465 e. The van der Waals surface area contributed by atoms with Crippen molar-refractivity contribution in [2.45, 2.75) is 26.7 Å². The van der Waals surface area contributed by atoms with Gasteiger partial charge in [-0.05, 0) is 40.6 Å². The molecule has 17 heavy (non-hydrogen) atoms. The molecule has 0 unspecified atom stereocenters. The Bertz CT molecular complexity index is 426. The molecule has 0 bridgehead atoms. The minimum atomic E-state index is -0.132. The van der Waals surface area contributed by atoms with Crippen LogP contribution in [0.4, 0.5) is 0 Å². The van der Waals surface area contributed by atoms with Crippen molar-refractivity contribution < 1.29 is 9.53 Å². The lowest BCUT2D eigenvalue weighted by molar-refractivity contribution is -0.144. The van der Waals surface area contributed by atoms with Crippen molar-refractivity contribution in [2.24, 2.45) is 5.92 Å². The molecule has 0 atom stereocenters. The number of esters is 1. The summed E-state index contributed by atoms with van der Waals surface area (Å²) >= 11 is 3.94.